The maximum Gasteiger partial charge on any atom is 0.389 e. The van der Waals surface area contributed by atoms with Gasteiger partial charge in [0.1, 0.15) is 0 Å². The number of sulfonamides is 1. The second-order valence-electron chi connectivity index (χ2n) is 4.21. The number of rotatable bonds is 9. The van der Waals surface area contributed by atoms with Gasteiger partial charge in [0.2, 0.25) is 10.0 Å². The molecular formula is C10H20F3NO2S. The first-order valence-corrected chi connectivity index (χ1v) is 7.49. The third-order valence-corrected chi connectivity index (χ3v) is 3.25. The van der Waals surface area contributed by atoms with Crippen molar-refractivity contribution in [2.24, 2.45) is 5.14 Å². The number of hydrogen-bond acceptors (Lipinski definition) is 2. The zero-order valence-electron chi connectivity index (χ0n) is 9.80. The highest BCUT2D eigenvalue weighted by Gasteiger charge is 2.25. The lowest BCUT2D eigenvalue weighted by molar-refractivity contribution is -0.135. The molecule has 17 heavy (non-hydrogen) atoms. The van der Waals surface area contributed by atoms with Gasteiger partial charge in [0, 0.05) is 6.42 Å². The monoisotopic (exact) mass is 275 g/mol. The van der Waals surface area contributed by atoms with Crippen LogP contribution in [0.1, 0.15) is 51.4 Å². The van der Waals surface area contributed by atoms with Crippen LogP contribution in [0.3, 0.4) is 0 Å². The second-order valence-corrected chi connectivity index (χ2v) is 5.94. The lowest BCUT2D eigenvalue weighted by atomic mass is 10.1. The van der Waals surface area contributed by atoms with E-state index in [4.69, 9.17) is 5.14 Å². The minimum Gasteiger partial charge on any atom is -0.229 e. The van der Waals surface area contributed by atoms with Gasteiger partial charge < -0.3 is 0 Å². The summed E-state index contributed by atoms with van der Waals surface area (Å²) in [6.07, 6.45) is -0.240. The Bertz CT molecular complexity index is 288. The SMILES string of the molecule is NS(=O)(=O)CCCCCCCCCC(F)(F)F. The summed E-state index contributed by atoms with van der Waals surface area (Å²) in [6, 6.07) is 0. The lowest BCUT2D eigenvalue weighted by Gasteiger charge is -2.05. The number of alkyl halides is 3. The third-order valence-electron chi connectivity index (χ3n) is 2.39. The summed E-state index contributed by atoms with van der Waals surface area (Å²) in [5.41, 5.74) is 0. The van der Waals surface area contributed by atoms with Gasteiger partial charge in [-0.1, -0.05) is 32.1 Å². The van der Waals surface area contributed by atoms with Crippen molar-refractivity contribution < 1.29 is 21.6 Å². The van der Waals surface area contributed by atoms with E-state index in [0.29, 0.717) is 12.8 Å². The molecular weight excluding hydrogens is 255 g/mol. The zero-order valence-corrected chi connectivity index (χ0v) is 10.6. The fraction of sp³-hybridized carbons (Fsp3) is 1.00. The molecule has 0 rings (SSSR count). The number of halogens is 3. The topological polar surface area (TPSA) is 60.2 Å². The van der Waals surface area contributed by atoms with Crippen molar-refractivity contribution in [2.45, 2.75) is 57.5 Å². The van der Waals surface area contributed by atoms with Crippen molar-refractivity contribution in [3.8, 4) is 0 Å². The number of hydrogen-bond donors (Lipinski definition) is 1. The van der Waals surface area contributed by atoms with Gasteiger partial charge >= 0.3 is 6.18 Å². The third kappa shape index (κ3) is 15.7. The van der Waals surface area contributed by atoms with E-state index in [-0.39, 0.29) is 12.2 Å². The van der Waals surface area contributed by atoms with Gasteiger partial charge in [0.05, 0.1) is 5.75 Å². The molecule has 0 aromatic heterocycles. The van der Waals surface area contributed by atoms with E-state index < -0.39 is 22.6 Å². The van der Waals surface area contributed by atoms with E-state index >= 15 is 0 Å². The van der Waals surface area contributed by atoms with Crippen LogP contribution in [0.25, 0.3) is 0 Å². The Kier molecular flexibility index (Phi) is 7.78. The summed E-state index contributed by atoms with van der Waals surface area (Å²) in [4.78, 5) is 0. The normalized spacial score (nSPS) is 12.9. The smallest absolute Gasteiger partial charge is 0.229 e. The van der Waals surface area contributed by atoms with Gasteiger partial charge in [-0.05, 0) is 12.8 Å². The minimum absolute atomic E-state index is 0.0128. The van der Waals surface area contributed by atoms with Crippen molar-refractivity contribution >= 4 is 10.0 Å². The molecule has 0 atom stereocenters. The Labute approximate surface area is 101 Å². The molecule has 2 N–H and O–H groups in total. The van der Waals surface area contributed by atoms with Crippen molar-refractivity contribution in [3.63, 3.8) is 0 Å². The zero-order chi connectivity index (χ0) is 13.4. The first kappa shape index (κ1) is 16.7. The summed E-state index contributed by atoms with van der Waals surface area (Å²) in [5.74, 6) is -0.0128. The van der Waals surface area contributed by atoms with E-state index in [2.05, 4.69) is 0 Å². The molecule has 0 aromatic carbocycles. The molecule has 104 valence electrons. The average Bonchev–Trinajstić information content (AvgIpc) is 2.11. The molecule has 3 nitrogen and oxygen atoms in total. The molecule has 0 amide bonds. The molecule has 0 unspecified atom stereocenters. The summed E-state index contributed by atoms with van der Waals surface area (Å²) in [7, 11) is -3.37. The standard InChI is InChI=1S/C10H20F3NO2S/c11-10(12,13)8-6-4-2-1-3-5-7-9-17(14,15)16/h1-9H2,(H2,14,15,16). The van der Waals surface area contributed by atoms with Gasteiger partial charge in [0.25, 0.3) is 0 Å². The van der Waals surface area contributed by atoms with Crippen molar-refractivity contribution in [3.05, 3.63) is 0 Å². The van der Waals surface area contributed by atoms with E-state index in [0.717, 1.165) is 25.7 Å². The largest absolute Gasteiger partial charge is 0.389 e. The maximum absolute atomic E-state index is 11.8. The molecule has 0 radical (unpaired) electrons. The Morgan fingerprint density at radius 2 is 1.24 bits per heavy atom. The molecule has 0 aliphatic heterocycles. The van der Waals surface area contributed by atoms with Crippen molar-refractivity contribution in [1.29, 1.82) is 0 Å². The Hall–Kier alpha value is -0.300. The minimum atomic E-state index is -4.05. The predicted molar refractivity (Wildman–Crippen MR) is 61.0 cm³/mol. The lowest BCUT2D eigenvalue weighted by Crippen LogP contribution is -2.16. The average molecular weight is 275 g/mol. The van der Waals surface area contributed by atoms with Gasteiger partial charge in [-0.2, -0.15) is 13.2 Å². The second kappa shape index (κ2) is 7.92. The van der Waals surface area contributed by atoms with Crippen LogP contribution < -0.4 is 5.14 Å². The molecule has 7 heteroatoms. The van der Waals surface area contributed by atoms with E-state index in [1.807, 2.05) is 0 Å². The molecule has 0 aliphatic carbocycles. The first-order chi connectivity index (χ1) is 7.71. The maximum atomic E-state index is 11.8. The summed E-state index contributed by atoms with van der Waals surface area (Å²) >= 11 is 0. The summed E-state index contributed by atoms with van der Waals surface area (Å²) in [6.45, 7) is 0. The number of primary sulfonamides is 1. The number of unbranched alkanes of at least 4 members (excludes halogenated alkanes) is 6. The molecule has 0 fully saturated rings. The Morgan fingerprint density at radius 1 is 0.824 bits per heavy atom. The van der Waals surface area contributed by atoms with E-state index in [9.17, 15) is 21.6 Å². The van der Waals surface area contributed by atoms with Crippen LogP contribution in [-0.4, -0.2) is 20.3 Å². The highest BCUT2D eigenvalue weighted by molar-refractivity contribution is 7.89. The van der Waals surface area contributed by atoms with Crippen LogP contribution in [0.2, 0.25) is 0 Å². The quantitative estimate of drug-likeness (QED) is 0.658. The fourth-order valence-corrected chi connectivity index (χ4v) is 2.12. The first-order valence-electron chi connectivity index (χ1n) is 5.78. The highest BCUT2D eigenvalue weighted by Crippen LogP contribution is 2.23. The molecule has 0 aliphatic rings. The van der Waals surface area contributed by atoms with Gasteiger partial charge in [-0.3, -0.25) is 0 Å². The molecule has 0 bridgehead atoms. The molecule has 0 heterocycles. The van der Waals surface area contributed by atoms with E-state index in [1.165, 1.54) is 0 Å². The van der Waals surface area contributed by atoms with Gasteiger partial charge in [-0.25, -0.2) is 13.6 Å². The predicted octanol–water partition coefficient (Wildman–Crippen LogP) is 2.96. The van der Waals surface area contributed by atoms with Crippen LogP contribution in [0, 0.1) is 0 Å². The fourth-order valence-electron chi connectivity index (χ4n) is 1.51. The van der Waals surface area contributed by atoms with Crippen molar-refractivity contribution in [2.75, 3.05) is 5.75 Å². The van der Waals surface area contributed by atoms with Crippen molar-refractivity contribution in [1.82, 2.24) is 0 Å². The van der Waals surface area contributed by atoms with Crippen LogP contribution in [0.15, 0.2) is 0 Å². The number of nitrogens with two attached hydrogens (primary N) is 1. The highest BCUT2D eigenvalue weighted by atomic mass is 32.2. The van der Waals surface area contributed by atoms with Crippen LogP contribution in [-0.2, 0) is 10.0 Å². The van der Waals surface area contributed by atoms with Gasteiger partial charge in [-0.15, -0.1) is 0 Å². The van der Waals surface area contributed by atoms with Crippen LogP contribution in [0.5, 0.6) is 0 Å². The molecule has 0 spiro atoms. The molecule has 0 aromatic rings. The Balaban J connectivity index is 3.20. The van der Waals surface area contributed by atoms with Crippen LogP contribution in [0.4, 0.5) is 13.2 Å². The summed E-state index contributed by atoms with van der Waals surface area (Å²) in [5, 5.41) is 4.82. The summed E-state index contributed by atoms with van der Waals surface area (Å²) < 4.78 is 56.5. The molecule has 0 saturated carbocycles. The molecule has 0 saturated heterocycles. The van der Waals surface area contributed by atoms with E-state index in [1.54, 1.807) is 0 Å². The van der Waals surface area contributed by atoms with Crippen LogP contribution >= 0.6 is 0 Å². The Morgan fingerprint density at radius 3 is 1.65 bits per heavy atom. The van der Waals surface area contributed by atoms with Gasteiger partial charge in [0.15, 0.2) is 0 Å².